The second-order valence-corrected chi connectivity index (χ2v) is 5.36. The molecule has 1 N–H and O–H groups in total. The molecule has 0 bridgehead atoms. The molecule has 0 unspecified atom stereocenters. The van der Waals surface area contributed by atoms with Crippen LogP contribution >= 0.6 is 15.9 Å². The van der Waals surface area contributed by atoms with Gasteiger partial charge >= 0.3 is 0 Å². The molecule has 0 spiro atoms. The van der Waals surface area contributed by atoms with Crippen molar-refractivity contribution in [2.75, 3.05) is 0 Å². The van der Waals surface area contributed by atoms with Crippen LogP contribution in [-0.4, -0.2) is 11.6 Å². The third-order valence-electron chi connectivity index (χ3n) is 2.72. The van der Waals surface area contributed by atoms with E-state index in [0.717, 1.165) is 15.8 Å². The van der Waals surface area contributed by atoms with Crippen LogP contribution in [0, 0.1) is 6.92 Å². The van der Waals surface area contributed by atoms with E-state index in [4.69, 9.17) is 4.42 Å². The van der Waals surface area contributed by atoms with Gasteiger partial charge in [-0.1, -0.05) is 28.1 Å². The predicted molar refractivity (Wildman–Crippen MR) is 81.6 cm³/mol. The van der Waals surface area contributed by atoms with Gasteiger partial charge in [0, 0.05) is 4.47 Å². The first-order chi connectivity index (χ1) is 9.54. The molecule has 0 saturated heterocycles. The van der Waals surface area contributed by atoms with Crippen LogP contribution in [0.15, 0.2) is 50.4 Å². The van der Waals surface area contributed by atoms with Crippen LogP contribution in [0.1, 0.15) is 24.0 Å². The van der Waals surface area contributed by atoms with E-state index in [1.807, 2.05) is 43.3 Å². The Kier molecular flexibility index (Phi) is 4.74. The standard InChI is InChI=1S/C15H15BrN2O2/c1-10-3-8-14(20-10)11(2)17-18-15(19)9-12-4-6-13(16)7-5-12/h3-8H,9H2,1-2H3,(H,18,19)/b17-11-. The summed E-state index contributed by atoms with van der Waals surface area (Å²) in [7, 11) is 0. The van der Waals surface area contributed by atoms with Crippen LogP contribution in [0.25, 0.3) is 0 Å². The zero-order valence-corrected chi connectivity index (χ0v) is 12.9. The van der Waals surface area contributed by atoms with Crippen molar-refractivity contribution in [3.8, 4) is 0 Å². The van der Waals surface area contributed by atoms with Crippen molar-refractivity contribution in [2.45, 2.75) is 20.3 Å². The van der Waals surface area contributed by atoms with Gasteiger partial charge in [-0.05, 0) is 43.7 Å². The maximum Gasteiger partial charge on any atom is 0.244 e. The van der Waals surface area contributed by atoms with E-state index in [1.165, 1.54) is 0 Å². The Hall–Kier alpha value is -1.88. The highest BCUT2D eigenvalue weighted by Gasteiger charge is 2.05. The van der Waals surface area contributed by atoms with E-state index >= 15 is 0 Å². The second kappa shape index (κ2) is 6.52. The number of halogens is 1. The number of hydrazone groups is 1. The molecule has 0 aliphatic heterocycles. The van der Waals surface area contributed by atoms with Crippen molar-refractivity contribution >= 4 is 27.5 Å². The van der Waals surface area contributed by atoms with Crippen LogP contribution in [0.5, 0.6) is 0 Å². The molecule has 2 rings (SSSR count). The third kappa shape index (κ3) is 4.06. The molecule has 4 nitrogen and oxygen atoms in total. The zero-order chi connectivity index (χ0) is 14.5. The normalized spacial score (nSPS) is 11.4. The smallest absolute Gasteiger partial charge is 0.244 e. The molecule has 1 aromatic heterocycles. The molecule has 1 amide bonds. The van der Waals surface area contributed by atoms with Crippen LogP contribution in [-0.2, 0) is 11.2 Å². The SMILES string of the molecule is C/C(=N/NC(=O)Cc1ccc(Br)cc1)c1ccc(C)o1. The lowest BCUT2D eigenvalue weighted by Crippen LogP contribution is -2.21. The van der Waals surface area contributed by atoms with E-state index < -0.39 is 0 Å². The number of benzene rings is 1. The highest BCUT2D eigenvalue weighted by atomic mass is 79.9. The lowest BCUT2D eigenvalue weighted by Gasteiger charge is -2.02. The number of amides is 1. The van der Waals surface area contributed by atoms with Crippen molar-refractivity contribution in [2.24, 2.45) is 5.10 Å². The van der Waals surface area contributed by atoms with Gasteiger partial charge in [0.05, 0.1) is 6.42 Å². The average Bonchev–Trinajstić information content (AvgIpc) is 2.85. The Morgan fingerprint density at radius 2 is 1.95 bits per heavy atom. The maximum atomic E-state index is 11.8. The number of carbonyl (C=O) groups is 1. The van der Waals surface area contributed by atoms with Crippen molar-refractivity contribution in [1.29, 1.82) is 0 Å². The number of furan rings is 1. The van der Waals surface area contributed by atoms with E-state index in [0.29, 0.717) is 17.9 Å². The van der Waals surface area contributed by atoms with Crippen molar-refractivity contribution in [3.63, 3.8) is 0 Å². The Bertz CT molecular complexity index is 630. The van der Waals surface area contributed by atoms with E-state index in [-0.39, 0.29) is 5.91 Å². The van der Waals surface area contributed by atoms with Gasteiger partial charge in [-0.15, -0.1) is 0 Å². The molecule has 20 heavy (non-hydrogen) atoms. The molecule has 104 valence electrons. The van der Waals surface area contributed by atoms with Gasteiger partial charge in [0.15, 0.2) is 0 Å². The van der Waals surface area contributed by atoms with Gasteiger partial charge in [-0.2, -0.15) is 5.10 Å². The van der Waals surface area contributed by atoms with Crippen LogP contribution < -0.4 is 5.43 Å². The zero-order valence-electron chi connectivity index (χ0n) is 11.3. The molecule has 0 aliphatic rings. The van der Waals surface area contributed by atoms with E-state index in [2.05, 4.69) is 26.5 Å². The fraction of sp³-hybridized carbons (Fsp3) is 0.200. The second-order valence-electron chi connectivity index (χ2n) is 4.45. The molecule has 5 heteroatoms. The summed E-state index contributed by atoms with van der Waals surface area (Å²) >= 11 is 3.36. The summed E-state index contributed by atoms with van der Waals surface area (Å²) < 4.78 is 6.41. The van der Waals surface area contributed by atoms with Crippen LogP contribution in [0.4, 0.5) is 0 Å². The fourth-order valence-corrected chi connectivity index (χ4v) is 1.92. The van der Waals surface area contributed by atoms with Gasteiger partial charge in [-0.3, -0.25) is 4.79 Å². The van der Waals surface area contributed by atoms with Crippen LogP contribution in [0.3, 0.4) is 0 Å². The largest absolute Gasteiger partial charge is 0.460 e. The molecular weight excluding hydrogens is 320 g/mol. The lowest BCUT2D eigenvalue weighted by atomic mass is 10.1. The van der Waals surface area contributed by atoms with Crippen molar-refractivity contribution in [1.82, 2.24) is 5.43 Å². The number of hydrogen-bond donors (Lipinski definition) is 1. The number of carbonyl (C=O) groups excluding carboxylic acids is 1. The van der Waals surface area contributed by atoms with Crippen molar-refractivity contribution in [3.05, 3.63) is 58.0 Å². The predicted octanol–water partition coefficient (Wildman–Crippen LogP) is 3.43. The number of hydrogen-bond acceptors (Lipinski definition) is 3. The highest BCUT2D eigenvalue weighted by molar-refractivity contribution is 9.10. The lowest BCUT2D eigenvalue weighted by molar-refractivity contribution is -0.120. The number of rotatable bonds is 4. The summed E-state index contributed by atoms with van der Waals surface area (Å²) in [5.74, 6) is 1.32. The summed E-state index contributed by atoms with van der Waals surface area (Å²) in [6.07, 6.45) is 0.293. The van der Waals surface area contributed by atoms with E-state index in [1.54, 1.807) is 6.92 Å². The number of aryl methyl sites for hydroxylation is 1. The molecule has 0 saturated carbocycles. The van der Waals surface area contributed by atoms with Crippen LogP contribution in [0.2, 0.25) is 0 Å². The molecule has 0 atom stereocenters. The van der Waals surface area contributed by atoms with Gasteiger partial charge in [0.2, 0.25) is 5.91 Å². The summed E-state index contributed by atoms with van der Waals surface area (Å²) in [6.45, 7) is 3.65. The molecular formula is C15H15BrN2O2. The van der Waals surface area contributed by atoms with Crippen molar-refractivity contribution < 1.29 is 9.21 Å². The first-order valence-corrected chi connectivity index (χ1v) is 6.98. The topological polar surface area (TPSA) is 54.6 Å². The van der Waals surface area contributed by atoms with Gasteiger partial charge in [0.1, 0.15) is 17.2 Å². The van der Waals surface area contributed by atoms with Gasteiger partial charge < -0.3 is 4.42 Å². The maximum absolute atomic E-state index is 11.8. The Morgan fingerprint density at radius 3 is 2.55 bits per heavy atom. The Morgan fingerprint density at radius 1 is 1.25 bits per heavy atom. The molecule has 0 fully saturated rings. The molecule has 2 aromatic rings. The van der Waals surface area contributed by atoms with E-state index in [9.17, 15) is 4.79 Å². The summed E-state index contributed by atoms with van der Waals surface area (Å²) in [5, 5.41) is 4.04. The first kappa shape index (κ1) is 14.5. The number of nitrogens with one attached hydrogen (secondary N) is 1. The molecule has 1 aromatic carbocycles. The summed E-state index contributed by atoms with van der Waals surface area (Å²) in [6, 6.07) is 11.3. The minimum absolute atomic E-state index is 0.157. The third-order valence-corrected chi connectivity index (χ3v) is 3.25. The monoisotopic (exact) mass is 334 g/mol. The van der Waals surface area contributed by atoms with Gasteiger partial charge in [-0.25, -0.2) is 5.43 Å². The Labute approximate surface area is 126 Å². The number of nitrogens with zero attached hydrogens (tertiary/aromatic N) is 1. The minimum atomic E-state index is -0.157. The molecule has 1 heterocycles. The quantitative estimate of drug-likeness (QED) is 0.687. The molecule has 0 radical (unpaired) electrons. The molecule has 0 aliphatic carbocycles. The first-order valence-electron chi connectivity index (χ1n) is 6.19. The minimum Gasteiger partial charge on any atom is -0.460 e. The fourth-order valence-electron chi connectivity index (χ4n) is 1.66. The average molecular weight is 335 g/mol. The Balaban J connectivity index is 1.93. The van der Waals surface area contributed by atoms with Gasteiger partial charge in [0.25, 0.3) is 0 Å². The highest BCUT2D eigenvalue weighted by Crippen LogP contribution is 2.11. The summed E-state index contributed by atoms with van der Waals surface area (Å²) in [4.78, 5) is 11.8. The summed E-state index contributed by atoms with van der Waals surface area (Å²) in [5.41, 5.74) is 4.11.